The fourth-order valence-electron chi connectivity index (χ4n) is 2.95. The molecule has 4 aromatic rings. The van der Waals surface area contributed by atoms with Crippen molar-refractivity contribution in [3.05, 3.63) is 72.6 Å². The average Bonchev–Trinajstić information content (AvgIpc) is 3.18. The zero-order valence-electron chi connectivity index (χ0n) is 15.6. The first-order valence-corrected chi connectivity index (χ1v) is 10.6. The summed E-state index contributed by atoms with van der Waals surface area (Å²) in [6.07, 6.45) is -2.23. The van der Waals surface area contributed by atoms with Crippen LogP contribution in [0.15, 0.2) is 71.8 Å². The first-order chi connectivity index (χ1) is 14.1. The van der Waals surface area contributed by atoms with Gasteiger partial charge in [0.25, 0.3) is 0 Å². The minimum Gasteiger partial charge on any atom is -0.340 e. The minimum absolute atomic E-state index is 0.177. The first-order valence-electron chi connectivity index (χ1n) is 8.71. The second-order valence-electron chi connectivity index (χ2n) is 6.62. The maximum absolute atomic E-state index is 13.0. The van der Waals surface area contributed by atoms with Crippen LogP contribution >= 0.6 is 0 Å². The van der Waals surface area contributed by atoms with Crippen molar-refractivity contribution in [3.8, 4) is 5.82 Å². The highest BCUT2D eigenvalue weighted by Crippen LogP contribution is 2.30. The number of alkyl halides is 3. The summed E-state index contributed by atoms with van der Waals surface area (Å²) in [5, 5.41) is 8.06. The van der Waals surface area contributed by atoms with E-state index in [1.165, 1.54) is 18.3 Å². The lowest BCUT2D eigenvalue weighted by Crippen LogP contribution is -2.08. The molecule has 1 N–H and O–H groups in total. The lowest BCUT2D eigenvalue weighted by atomic mass is 10.1. The zero-order valence-corrected chi connectivity index (χ0v) is 16.4. The molecule has 0 amide bonds. The number of hydrogen-bond donors (Lipinski definition) is 1. The first kappa shape index (κ1) is 19.9. The van der Waals surface area contributed by atoms with Crippen molar-refractivity contribution in [1.82, 2.24) is 14.8 Å². The number of sulfone groups is 1. The van der Waals surface area contributed by atoms with Gasteiger partial charge in [0.1, 0.15) is 5.82 Å². The highest BCUT2D eigenvalue weighted by Gasteiger charge is 2.33. The van der Waals surface area contributed by atoms with Gasteiger partial charge in [0.05, 0.1) is 4.90 Å². The molecule has 0 unspecified atom stereocenters. The Kier molecular flexibility index (Phi) is 4.73. The van der Waals surface area contributed by atoms with Gasteiger partial charge in [0.15, 0.2) is 21.3 Å². The number of fused-ring (bicyclic) bond motifs is 1. The summed E-state index contributed by atoms with van der Waals surface area (Å²) in [5.41, 5.74) is -0.435. The Morgan fingerprint density at radius 3 is 2.33 bits per heavy atom. The van der Waals surface area contributed by atoms with Crippen LogP contribution in [-0.2, 0) is 16.0 Å². The molecule has 154 valence electrons. The van der Waals surface area contributed by atoms with Crippen LogP contribution in [0.1, 0.15) is 5.69 Å². The fraction of sp³-hybridized carbons (Fsp3) is 0.100. The summed E-state index contributed by atoms with van der Waals surface area (Å²) in [5.74, 6) is 0.610. The van der Waals surface area contributed by atoms with Crippen LogP contribution in [0, 0.1) is 0 Å². The number of nitrogens with zero attached hydrogens (tertiary/aromatic N) is 3. The summed E-state index contributed by atoms with van der Waals surface area (Å²) in [6.45, 7) is 0. The summed E-state index contributed by atoms with van der Waals surface area (Å²) >= 11 is 0. The third-order valence-electron chi connectivity index (χ3n) is 4.37. The van der Waals surface area contributed by atoms with Gasteiger partial charge in [-0.1, -0.05) is 24.3 Å². The van der Waals surface area contributed by atoms with Crippen molar-refractivity contribution >= 4 is 32.1 Å². The minimum atomic E-state index is -4.56. The Morgan fingerprint density at radius 1 is 1.00 bits per heavy atom. The molecule has 0 aliphatic carbocycles. The molecule has 0 atom stereocenters. The van der Waals surface area contributed by atoms with Gasteiger partial charge in [-0.2, -0.15) is 18.3 Å². The average molecular weight is 432 g/mol. The molecule has 2 heterocycles. The molecule has 4 rings (SSSR count). The molecular weight excluding hydrogens is 417 g/mol. The molecule has 2 aromatic heterocycles. The van der Waals surface area contributed by atoms with Crippen molar-refractivity contribution < 1.29 is 21.6 Å². The molecule has 0 saturated heterocycles. The summed E-state index contributed by atoms with van der Waals surface area (Å²) in [4.78, 5) is 4.61. The topological polar surface area (TPSA) is 76.9 Å². The van der Waals surface area contributed by atoms with E-state index in [4.69, 9.17) is 0 Å². The van der Waals surface area contributed by atoms with Crippen LogP contribution < -0.4 is 5.32 Å². The van der Waals surface area contributed by atoms with E-state index < -0.39 is 21.7 Å². The van der Waals surface area contributed by atoms with Crippen LogP contribution in [0.4, 0.5) is 24.7 Å². The van der Waals surface area contributed by atoms with E-state index in [2.05, 4.69) is 15.4 Å². The van der Waals surface area contributed by atoms with E-state index in [9.17, 15) is 21.6 Å². The molecule has 0 bridgehead atoms. The van der Waals surface area contributed by atoms with Crippen molar-refractivity contribution in [2.45, 2.75) is 11.1 Å². The second-order valence-corrected chi connectivity index (χ2v) is 8.63. The number of hydrogen-bond acceptors (Lipinski definition) is 5. The van der Waals surface area contributed by atoms with E-state index in [0.29, 0.717) is 16.9 Å². The maximum atomic E-state index is 13.0. The Bertz CT molecular complexity index is 1330. The lowest BCUT2D eigenvalue weighted by Gasteiger charge is -2.12. The van der Waals surface area contributed by atoms with Gasteiger partial charge in [0, 0.05) is 23.5 Å². The smallest absolute Gasteiger partial charge is 0.340 e. The van der Waals surface area contributed by atoms with Crippen molar-refractivity contribution in [2.75, 3.05) is 11.6 Å². The number of nitrogens with one attached hydrogen (secondary N) is 1. The summed E-state index contributed by atoms with van der Waals surface area (Å²) in [6, 6.07) is 15.9. The van der Waals surface area contributed by atoms with Crippen LogP contribution in [-0.4, -0.2) is 29.4 Å². The predicted octanol–water partition coefficient (Wildman–Crippen LogP) is 4.59. The SMILES string of the molecule is CS(=O)(=O)c1ccc(Nc2cc3ccccc3c(-n3ccc(C(F)(F)F)n3)n2)cc1. The third kappa shape index (κ3) is 3.99. The van der Waals surface area contributed by atoms with E-state index in [1.807, 2.05) is 6.07 Å². The lowest BCUT2D eigenvalue weighted by molar-refractivity contribution is -0.141. The number of pyridine rings is 1. The van der Waals surface area contributed by atoms with Crippen LogP contribution in [0.2, 0.25) is 0 Å². The molecule has 0 fully saturated rings. The van der Waals surface area contributed by atoms with Crippen molar-refractivity contribution in [1.29, 1.82) is 0 Å². The number of rotatable bonds is 4. The molecule has 0 saturated carbocycles. The Morgan fingerprint density at radius 2 is 1.70 bits per heavy atom. The highest BCUT2D eigenvalue weighted by atomic mass is 32.2. The van der Waals surface area contributed by atoms with Crippen LogP contribution in [0.5, 0.6) is 0 Å². The summed E-state index contributed by atoms with van der Waals surface area (Å²) < 4.78 is 63.2. The largest absolute Gasteiger partial charge is 0.435 e. The van der Waals surface area contributed by atoms with Crippen LogP contribution in [0.25, 0.3) is 16.6 Å². The molecule has 10 heteroatoms. The normalized spacial score (nSPS) is 12.3. The van der Waals surface area contributed by atoms with Gasteiger partial charge >= 0.3 is 6.18 Å². The summed E-state index contributed by atoms with van der Waals surface area (Å²) in [7, 11) is -3.32. The molecule has 0 spiro atoms. The molecule has 30 heavy (non-hydrogen) atoms. The molecule has 0 aliphatic rings. The molecule has 6 nitrogen and oxygen atoms in total. The second kappa shape index (κ2) is 7.13. The monoisotopic (exact) mass is 432 g/mol. The Balaban J connectivity index is 1.76. The highest BCUT2D eigenvalue weighted by molar-refractivity contribution is 7.90. The molecular formula is C20H15F3N4O2S. The molecule has 2 aromatic carbocycles. The van der Waals surface area contributed by atoms with Crippen LogP contribution in [0.3, 0.4) is 0 Å². The number of benzene rings is 2. The number of anilines is 2. The van der Waals surface area contributed by atoms with E-state index in [-0.39, 0.29) is 10.7 Å². The van der Waals surface area contributed by atoms with Crippen molar-refractivity contribution in [2.24, 2.45) is 0 Å². The van der Waals surface area contributed by atoms with E-state index >= 15 is 0 Å². The Labute approximate surface area is 169 Å². The number of halogens is 3. The maximum Gasteiger partial charge on any atom is 0.435 e. The van der Waals surface area contributed by atoms with Gasteiger partial charge in [-0.25, -0.2) is 18.1 Å². The van der Waals surface area contributed by atoms with E-state index in [0.717, 1.165) is 22.4 Å². The quantitative estimate of drug-likeness (QED) is 0.511. The number of aromatic nitrogens is 3. The van der Waals surface area contributed by atoms with Gasteiger partial charge < -0.3 is 5.32 Å². The van der Waals surface area contributed by atoms with Crippen molar-refractivity contribution in [3.63, 3.8) is 0 Å². The zero-order chi connectivity index (χ0) is 21.5. The standard InChI is InChI=1S/C20H15F3N4O2S/c1-30(28,29)15-8-6-14(7-9-15)24-18-12-13-4-2-3-5-16(13)19(25-18)27-11-10-17(26-27)20(21,22)23/h2-12H,1H3,(H,24,25). The van der Waals surface area contributed by atoms with E-state index in [1.54, 1.807) is 36.4 Å². The van der Waals surface area contributed by atoms with Gasteiger partial charge in [-0.3, -0.25) is 0 Å². The van der Waals surface area contributed by atoms with Gasteiger partial charge in [-0.05, 0) is 41.8 Å². The van der Waals surface area contributed by atoms with Gasteiger partial charge in [-0.15, -0.1) is 0 Å². The Hall–Kier alpha value is -3.40. The molecule has 0 radical (unpaired) electrons. The molecule has 0 aliphatic heterocycles. The van der Waals surface area contributed by atoms with Gasteiger partial charge in [0.2, 0.25) is 0 Å². The predicted molar refractivity (Wildman–Crippen MR) is 107 cm³/mol. The third-order valence-corrected chi connectivity index (χ3v) is 5.50. The fourth-order valence-corrected chi connectivity index (χ4v) is 3.58.